The Labute approximate surface area is 132 Å². The number of hydrogen-bond acceptors (Lipinski definition) is 2. The molecule has 0 N–H and O–H groups in total. The maximum Gasteiger partial charge on any atom is 0.254 e. The van der Waals surface area contributed by atoms with Gasteiger partial charge in [-0.25, -0.2) is 0 Å². The Bertz CT molecular complexity index is 602. The van der Waals surface area contributed by atoms with Crippen LogP contribution in [-0.4, -0.2) is 30.0 Å². The van der Waals surface area contributed by atoms with Crippen molar-refractivity contribution in [3.63, 3.8) is 0 Å². The van der Waals surface area contributed by atoms with Gasteiger partial charge in [-0.15, -0.1) is 0 Å². The zero-order valence-corrected chi connectivity index (χ0v) is 13.1. The molecule has 3 heteroatoms. The Kier molecular flexibility index (Phi) is 3.44. The van der Waals surface area contributed by atoms with Crippen LogP contribution in [0.4, 0.5) is 0 Å². The van der Waals surface area contributed by atoms with E-state index in [9.17, 15) is 4.79 Å². The second-order valence-corrected chi connectivity index (χ2v) is 6.90. The van der Waals surface area contributed by atoms with E-state index in [-0.39, 0.29) is 5.91 Å². The van der Waals surface area contributed by atoms with E-state index in [2.05, 4.69) is 11.0 Å². The van der Waals surface area contributed by atoms with Crippen molar-refractivity contribution in [2.75, 3.05) is 7.11 Å². The minimum absolute atomic E-state index is 0.178. The zero-order valence-electron chi connectivity index (χ0n) is 13.1. The summed E-state index contributed by atoms with van der Waals surface area (Å²) >= 11 is 0. The quantitative estimate of drug-likeness (QED) is 0.794. The zero-order chi connectivity index (χ0) is 15.1. The first-order valence-electron chi connectivity index (χ1n) is 8.41. The number of piperidine rings is 1. The minimum Gasteiger partial charge on any atom is -0.497 e. The molecule has 2 saturated heterocycles. The molecule has 3 aliphatic rings. The van der Waals surface area contributed by atoms with Gasteiger partial charge in [0.25, 0.3) is 5.91 Å². The van der Waals surface area contributed by atoms with Crippen LogP contribution in [0, 0.1) is 5.92 Å². The van der Waals surface area contributed by atoms with Crippen LogP contribution >= 0.6 is 0 Å². The van der Waals surface area contributed by atoms with Gasteiger partial charge in [0.1, 0.15) is 5.75 Å². The van der Waals surface area contributed by atoms with Gasteiger partial charge in [-0.2, -0.15) is 0 Å². The lowest BCUT2D eigenvalue weighted by Gasteiger charge is -2.36. The van der Waals surface area contributed by atoms with Crippen molar-refractivity contribution in [1.82, 2.24) is 4.90 Å². The molecule has 1 aromatic rings. The second-order valence-electron chi connectivity index (χ2n) is 6.90. The first-order valence-corrected chi connectivity index (χ1v) is 8.41. The molecule has 116 valence electrons. The van der Waals surface area contributed by atoms with Gasteiger partial charge in [-0.3, -0.25) is 4.79 Å². The fraction of sp³-hybridized carbons (Fsp3) is 0.526. The summed E-state index contributed by atoms with van der Waals surface area (Å²) in [5.74, 6) is 1.77. The molecule has 0 radical (unpaired) electrons. The van der Waals surface area contributed by atoms with E-state index in [1.54, 1.807) is 12.7 Å². The van der Waals surface area contributed by atoms with Crippen LogP contribution in [0.25, 0.3) is 0 Å². The van der Waals surface area contributed by atoms with Crippen molar-refractivity contribution in [2.45, 2.75) is 50.6 Å². The summed E-state index contributed by atoms with van der Waals surface area (Å²) in [5.41, 5.74) is 2.36. The molecular weight excluding hydrogens is 274 g/mol. The summed E-state index contributed by atoms with van der Waals surface area (Å²) in [6.45, 7) is 0. The molecule has 1 aliphatic carbocycles. The number of hydrogen-bond donors (Lipinski definition) is 0. The molecule has 0 spiro atoms. The molecule has 3 nitrogen and oxygen atoms in total. The Morgan fingerprint density at radius 3 is 2.55 bits per heavy atom. The topological polar surface area (TPSA) is 29.5 Å². The first-order chi connectivity index (χ1) is 10.7. The number of methoxy groups -OCH3 is 1. The van der Waals surface area contributed by atoms with Crippen molar-refractivity contribution >= 4 is 5.91 Å². The highest BCUT2D eigenvalue weighted by Crippen LogP contribution is 2.42. The van der Waals surface area contributed by atoms with Gasteiger partial charge >= 0.3 is 0 Å². The largest absolute Gasteiger partial charge is 0.497 e. The van der Waals surface area contributed by atoms with Crippen LogP contribution in [0.5, 0.6) is 5.75 Å². The smallest absolute Gasteiger partial charge is 0.254 e. The van der Waals surface area contributed by atoms with Crippen molar-refractivity contribution in [2.24, 2.45) is 5.92 Å². The van der Waals surface area contributed by atoms with E-state index < -0.39 is 0 Å². The van der Waals surface area contributed by atoms with Gasteiger partial charge in [0.05, 0.1) is 7.11 Å². The maximum atomic E-state index is 12.9. The normalized spacial score (nSPS) is 27.0. The van der Waals surface area contributed by atoms with Crippen molar-refractivity contribution in [3.05, 3.63) is 41.5 Å². The Balaban J connectivity index is 1.54. The van der Waals surface area contributed by atoms with Gasteiger partial charge in [-0.05, 0) is 62.6 Å². The van der Waals surface area contributed by atoms with Gasteiger partial charge in [0.2, 0.25) is 0 Å². The van der Waals surface area contributed by atoms with Crippen LogP contribution in [0.3, 0.4) is 0 Å². The summed E-state index contributed by atoms with van der Waals surface area (Å²) in [7, 11) is 1.64. The second kappa shape index (κ2) is 5.45. The third kappa shape index (κ3) is 2.53. The predicted molar refractivity (Wildman–Crippen MR) is 86.0 cm³/mol. The van der Waals surface area contributed by atoms with E-state index in [1.807, 2.05) is 24.3 Å². The van der Waals surface area contributed by atoms with Crippen LogP contribution in [0.1, 0.15) is 48.9 Å². The van der Waals surface area contributed by atoms with Gasteiger partial charge < -0.3 is 9.64 Å². The van der Waals surface area contributed by atoms with Crippen LogP contribution in [0.15, 0.2) is 35.9 Å². The minimum atomic E-state index is 0.178. The number of carbonyl (C=O) groups is 1. The van der Waals surface area contributed by atoms with Gasteiger partial charge in [0, 0.05) is 17.6 Å². The summed E-state index contributed by atoms with van der Waals surface area (Å²) in [4.78, 5) is 15.1. The number of fused-ring (bicyclic) bond motifs is 2. The van der Waals surface area contributed by atoms with E-state index >= 15 is 0 Å². The highest BCUT2D eigenvalue weighted by molar-refractivity contribution is 5.95. The molecule has 2 unspecified atom stereocenters. The lowest BCUT2D eigenvalue weighted by Crippen LogP contribution is -2.44. The maximum absolute atomic E-state index is 12.9. The first kappa shape index (κ1) is 13.9. The van der Waals surface area contributed by atoms with E-state index in [0.717, 1.165) is 42.9 Å². The fourth-order valence-electron chi connectivity index (χ4n) is 4.02. The average Bonchev–Trinajstić information content (AvgIpc) is 3.31. The van der Waals surface area contributed by atoms with Crippen LogP contribution < -0.4 is 4.74 Å². The molecule has 1 saturated carbocycles. The summed E-state index contributed by atoms with van der Waals surface area (Å²) < 4.78 is 5.25. The number of rotatable bonds is 3. The Hall–Kier alpha value is -1.77. The molecule has 1 aromatic carbocycles. The van der Waals surface area contributed by atoms with Gasteiger partial charge in [0.15, 0.2) is 0 Å². The van der Waals surface area contributed by atoms with Crippen molar-refractivity contribution in [1.29, 1.82) is 0 Å². The van der Waals surface area contributed by atoms with E-state index in [0.29, 0.717) is 12.1 Å². The molecule has 2 bridgehead atoms. The van der Waals surface area contributed by atoms with Gasteiger partial charge in [-0.1, -0.05) is 17.7 Å². The lowest BCUT2D eigenvalue weighted by molar-refractivity contribution is 0.0634. The highest BCUT2D eigenvalue weighted by atomic mass is 16.5. The average molecular weight is 297 g/mol. The Morgan fingerprint density at radius 2 is 1.91 bits per heavy atom. The number of carbonyl (C=O) groups excluding carboxylic acids is 1. The molecule has 2 heterocycles. The van der Waals surface area contributed by atoms with Crippen molar-refractivity contribution < 1.29 is 9.53 Å². The fourth-order valence-corrected chi connectivity index (χ4v) is 4.02. The third-order valence-corrected chi connectivity index (χ3v) is 5.26. The molecule has 22 heavy (non-hydrogen) atoms. The molecule has 0 aromatic heterocycles. The summed E-state index contributed by atoms with van der Waals surface area (Å²) in [5, 5.41) is 0. The molecule has 2 aliphatic heterocycles. The number of ether oxygens (including phenoxy) is 1. The SMILES string of the molecule is COc1cccc(C(=O)N2C3CCC2CC(=CC2CC2)C3)c1. The predicted octanol–water partition coefficient (Wildman–Crippen LogP) is 3.80. The molecule has 2 atom stereocenters. The molecule has 1 amide bonds. The monoisotopic (exact) mass is 297 g/mol. The van der Waals surface area contributed by atoms with Crippen LogP contribution in [-0.2, 0) is 0 Å². The number of nitrogens with zero attached hydrogens (tertiary/aromatic N) is 1. The number of benzene rings is 1. The molecule has 3 fully saturated rings. The summed E-state index contributed by atoms with van der Waals surface area (Å²) in [6.07, 6.45) is 9.71. The van der Waals surface area contributed by atoms with Crippen molar-refractivity contribution in [3.8, 4) is 5.75 Å². The molecule has 4 rings (SSSR count). The highest BCUT2D eigenvalue weighted by Gasteiger charge is 2.41. The van der Waals surface area contributed by atoms with E-state index in [1.165, 1.54) is 12.8 Å². The standard InChI is InChI=1S/C19H23NO2/c1-22-18-4-2-3-15(12-18)19(21)20-16-7-8-17(20)11-14(10-16)9-13-5-6-13/h2-4,9,12-13,16-17H,5-8,10-11H2,1H3. The van der Waals surface area contributed by atoms with Crippen LogP contribution in [0.2, 0.25) is 0 Å². The third-order valence-electron chi connectivity index (χ3n) is 5.26. The number of amides is 1. The lowest BCUT2D eigenvalue weighted by atomic mass is 9.94. The Morgan fingerprint density at radius 1 is 1.18 bits per heavy atom. The summed E-state index contributed by atoms with van der Waals surface area (Å²) in [6, 6.07) is 8.36. The number of allylic oxidation sites excluding steroid dienone is 1. The van der Waals surface area contributed by atoms with E-state index in [4.69, 9.17) is 4.74 Å². The molecular formula is C19H23NO2.